The fourth-order valence-electron chi connectivity index (χ4n) is 2.03. The van der Waals surface area contributed by atoms with Gasteiger partial charge in [0, 0.05) is 12.0 Å². The third kappa shape index (κ3) is 5.07. The molecule has 0 aliphatic carbocycles. The quantitative estimate of drug-likeness (QED) is 0.697. The molecule has 2 rings (SSSR count). The van der Waals surface area contributed by atoms with Crippen LogP contribution in [0.1, 0.15) is 36.2 Å². The summed E-state index contributed by atoms with van der Waals surface area (Å²) < 4.78 is 5.66. The molecule has 0 N–H and O–H groups in total. The molecular formula is C19H22O2. The van der Waals surface area contributed by atoms with Crippen molar-refractivity contribution in [2.24, 2.45) is 5.92 Å². The molecule has 2 aromatic carbocycles. The third-order valence-corrected chi connectivity index (χ3v) is 3.35. The van der Waals surface area contributed by atoms with Gasteiger partial charge in [-0.05, 0) is 42.2 Å². The largest absolute Gasteiger partial charge is 0.494 e. The standard InChI is InChI=1S/C19H22O2/c1-15(2)12-13-21-18-10-8-17(9-11-18)19(20)14-16-6-4-3-5-7-16/h3-11,15H,12-14H2,1-2H3. The number of Topliss-reactive ketones (excluding diaryl/α,β-unsaturated/α-hetero) is 1. The smallest absolute Gasteiger partial charge is 0.167 e. The lowest BCUT2D eigenvalue weighted by Gasteiger charge is -2.08. The zero-order chi connectivity index (χ0) is 15.1. The summed E-state index contributed by atoms with van der Waals surface area (Å²) in [5, 5.41) is 0. The Labute approximate surface area is 126 Å². The van der Waals surface area contributed by atoms with E-state index in [0.717, 1.165) is 29.9 Å². The minimum absolute atomic E-state index is 0.134. The molecule has 0 aromatic heterocycles. The van der Waals surface area contributed by atoms with Gasteiger partial charge in [-0.3, -0.25) is 4.79 Å². The van der Waals surface area contributed by atoms with E-state index < -0.39 is 0 Å². The first-order valence-electron chi connectivity index (χ1n) is 7.45. The van der Waals surface area contributed by atoms with Crippen molar-refractivity contribution in [2.45, 2.75) is 26.7 Å². The van der Waals surface area contributed by atoms with Gasteiger partial charge in [0.1, 0.15) is 5.75 Å². The topological polar surface area (TPSA) is 26.3 Å². The Kier molecular flexibility index (Phi) is 5.56. The summed E-state index contributed by atoms with van der Waals surface area (Å²) in [6.07, 6.45) is 1.48. The Bertz CT molecular complexity index is 556. The number of ketones is 1. The van der Waals surface area contributed by atoms with Crippen LogP contribution in [0, 0.1) is 5.92 Å². The molecule has 2 heteroatoms. The predicted molar refractivity (Wildman–Crippen MR) is 85.9 cm³/mol. The van der Waals surface area contributed by atoms with Crippen LogP contribution >= 0.6 is 0 Å². The van der Waals surface area contributed by atoms with Crippen molar-refractivity contribution in [2.75, 3.05) is 6.61 Å². The monoisotopic (exact) mass is 282 g/mol. The van der Waals surface area contributed by atoms with E-state index in [0.29, 0.717) is 12.3 Å². The van der Waals surface area contributed by atoms with E-state index >= 15 is 0 Å². The fourth-order valence-corrected chi connectivity index (χ4v) is 2.03. The van der Waals surface area contributed by atoms with Crippen molar-refractivity contribution >= 4 is 5.78 Å². The highest BCUT2D eigenvalue weighted by Gasteiger charge is 2.07. The van der Waals surface area contributed by atoms with Gasteiger partial charge in [0.25, 0.3) is 0 Å². The van der Waals surface area contributed by atoms with Crippen LogP contribution in [0.25, 0.3) is 0 Å². The molecule has 0 radical (unpaired) electrons. The Hall–Kier alpha value is -2.09. The molecule has 0 bridgehead atoms. The molecular weight excluding hydrogens is 260 g/mol. The molecule has 0 spiro atoms. The Balaban J connectivity index is 1.91. The van der Waals surface area contributed by atoms with E-state index in [1.54, 1.807) is 0 Å². The summed E-state index contributed by atoms with van der Waals surface area (Å²) >= 11 is 0. The summed E-state index contributed by atoms with van der Waals surface area (Å²) in [4.78, 5) is 12.2. The lowest BCUT2D eigenvalue weighted by molar-refractivity contribution is 0.0993. The molecule has 0 atom stereocenters. The average molecular weight is 282 g/mol. The second kappa shape index (κ2) is 7.63. The molecule has 0 fully saturated rings. The van der Waals surface area contributed by atoms with Gasteiger partial charge in [-0.2, -0.15) is 0 Å². The molecule has 0 aliphatic rings. The minimum Gasteiger partial charge on any atom is -0.494 e. The van der Waals surface area contributed by atoms with E-state index in [9.17, 15) is 4.79 Å². The van der Waals surface area contributed by atoms with Gasteiger partial charge in [0.05, 0.1) is 6.61 Å². The number of hydrogen-bond acceptors (Lipinski definition) is 2. The molecule has 110 valence electrons. The van der Waals surface area contributed by atoms with Crippen LogP contribution in [0.15, 0.2) is 54.6 Å². The first-order valence-corrected chi connectivity index (χ1v) is 7.45. The number of carbonyl (C=O) groups excluding carboxylic acids is 1. The Morgan fingerprint density at radius 3 is 2.29 bits per heavy atom. The van der Waals surface area contributed by atoms with Gasteiger partial charge in [0.15, 0.2) is 5.78 Å². The lowest BCUT2D eigenvalue weighted by Crippen LogP contribution is -2.04. The maximum Gasteiger partial charge on any atom is 0.167 e. The summed E-state index contributed by atoms with van der Waals surface area (Å²) in [5.41, 5.74) is 1.77. The number of ether oxygens (including phenoxy) is 1. The van der Waals surface area contributed by atoms with Crippen LogP contribution in [0.4, 0.5) is 0 Å². The van der Waals surface area contributed by atoms with Crippen LogP contribution in [-0.2, 0) is 6.42 Å². The van der Waals surface area contributed by atoms with Crippen molar-refractivity contribution in [3.8, 4) is 5.75 Å². The van der Waals surface area contributed by atoms with Crippen LogP contribution in [-0.4, -0.2) is 12.4 Å². The number of benzene rings is 2. The second-order valence-corrected chi connectivity index (χ2v) is 5.64. The minimum atomic E-state index is 0.134. The molecule has 2 aromatic rings. The highest BCUT2D eigenvalue weighted by atomic mass is 16.5. The Morgan fingerprint density at radius 1 is 1.00 bits per heavy atom. The van der Waals surface area contributed by atoms with E-state index in [2.05, 4.69) is 13.8 Å². The highest BCUT2D eigenvalue weighted by Crippen LogP contribution is 2.15. The van der Waals surface area contributed by atoms with E-state index in [4.69, 9.17) is 4.74 Å². The van der Waals surface area contributed by atoms with Gasteiger partial charge in [-0.25, -0.2) is 0 Å². The second-order valence-electron chi connectivity index (χ2n) is 5.64. The highest BCUT2D eigenvalue weighted by molar-refractivity contribution is 5.97. The zero-order valence-electron chi connectivity index (χ0n) is 12.7. The predicted octanol–water partition coefficient (Wildman–Crippen LogP) is 4.54. The molecule has 0 unspecified atom stereocenters. The maximum absolute atomic E-state index is 12.2. The summed E-state index contributed by atoms with van der Waals surface area (Å²) in [6.45, 7) is 5.07. The van der Waals surface area contributed by atoms with Gasteiger partial charge >= 0.3 is 0 Å². The van der Waals surface area contributed by atoms with Gasteiger partial charge in [-0.1, -0.05) is 44.2 Å². The number of hydrogen-bond donors (Lipinski definition) is 0. The van der Waals surface area contributed by atoms with Gasteiger partial charge in [-0.15, -0.1) is 0 Å². The van der Waals surface area contributed by atoms with E-state index in [-0.39, 0.29) is 5.78 Å². The maximum atomic E-state index is 12.2. The van der Waals surface area contributed by atoms with Gasteiger partial charge < -0.3 is 4.74 Å². The first kappa shape index (κ1) is 15.3. The molecule has 0 saturated heterocycles. The van der Waals surface area contributed by atoms with Crippen LogP contribution < -0.4 is 4.74 Å². The summed E-state index contributed by atoms with van der Waals surface area (Å²) in [5.74, 6) is 1.60. The molecule has 2 nitrogen and oxygen atoms in total. The summed E-state index contributed by atoms with van der Waals surface area (Å²) in [7, 11) is 0. The van der Waals surface area contributed by atoms with Crippen molar-refractivity contribution in [1.29, 1.82) is 0 Å². The van der Waals surface area contributed by atoms with Crippen molar-refractivity contribution in [3.63, 3.8) is 0 Å². The lowest BCUT2D eigenvalue weighted by atomic mass is 10.0. The SMILES string of the molecule is CC(C)CCOc1ccc(C(=O)Cc2ccccc2)cc1. The fraction of sp³-hybridized carbons (Fsp3) is 0.316. The molecule has 0 amide bonds. The van der Waals surface area contributed by atoms with Crippen molar-refractivity contribution in [3.05, 3.63) is 65.7 Å². The van der Waals surface area contributed by atoms with Gasteiger partial charge in [0.2, 0.25) is 0 Å². The average Bonchev–Trinajstić information content (AvgIpc) is 2.48. The van der Waals surface area contributed by atoms with Crippen molar-refractivity contribution in [1.82, 2.24) is 0 Å². The normalized spacial score (nSPS) is 10.6. The molecule has 21 heavy (non-hydrogen) atoms. The third-order valence-electron chi connectivity index (χ3n) is 3.35. The number of rotatable bonds is 7. The van der Waals surface area contributed by atoms with E-state index in [1.165, 1.54) is 0 Å². The molecule has 0 saturated carbocycles. The Morgan fingerprint density at radius 2 is 1.67 bits per heavy atom. The van der Waals surface area contributed by atoms with Crippen LogP contribution in [0.5, 0.6) is 5.75 Å². The zero-order valence-corrected chi connectivity index (χ0v) is 12.7. The molecule has 0 aliphatic heterocycles. The van der Waals surface area contributed by atoms with E-state index in [1.807, 2.05) is 54.6 Å². The summed E-state index contributed by atoms with van der Waals surface area (Å²) in [6, 6.07) is 17.2. The van der Waals surface area contributed by atoms with Crippen molar-refractivity contribution < 1.29 is 9.53 Å². The van der Waals surface area contributed by atoms with Crippen LogP contribution in [0.2, 0.25) is 0 Å². The van der Waals surface area contributed by atoms with Crippen LogP contribution in [0.3, 0.4) is 0 Å². The first-order chi connectivity index (χ1) is 10.1. The molecule has 0 heterocycles. The number of carbonyl (C=O) groups is 1.